The van der Waals surface area contributed by atoms with E-state index in [1.54, 1.807) is 0 Å². The summed E-state index contributed by atoms with van der Waals surface area (Å²) in [5, 5.41) is 2.62. The summed E-state index contributed by atoms with van der Waals surface area (Å²) < 4.78 is 2.64. The van der Waals surface area contributed by atoms with E-state index in [2.05, 4.69) is 242 Å². The smallest absolute Gasteiger partial charge is 0.0540 e. The van der Waals surface area contributed by atoms with Gasteiger partial charge in [0.2, 0.25) is 0 Å². The Kier molecular flexibility index (Phi) is 9.35. The normalized spacial score (nSPS) is 15.4. The van der Waals surface area contributed by atoms with Crippen LogP contribution in [-0.2, 0) is 5.41 Å². The van der Waals surface area contributed by atoms with E-state index in [-0.39, 0.29) is 5.41 Å². The van der Waals surface area contributed by atoms with E-state index in [0.29, 0.717) is 0 Å². The molecule has 1 atom stereocenters. The van der Waals surface area contributed by atoms with Crippen LogP contribution < -0.4 is 4.90 Å². The minimum Gasteiger partial charge on any atom is -0.310 e. The fraction of sp³-hybridized carbons (Fsp3) is 0.0645. The first-order valence-electron chi connectivity index (χ1n) is 22.4. The van der Waals surface area contributed by atoms with Crippen molar-refractivity contribution in [3.05, 3.63) is 258 Å². The van der Waals surface area contributed by atoms with Gasteiger partial charge in [0.15, 0.2) is 0 Å². The van der Waals surface area contributed by atoms with Crippen molar-refractivity contribution in [2.24, 2.45) is 0 Å². The van der Waals surface area contributed by atoms with Crippen LogP contribution in [0.5, 0.6) is 0 Å². The molecule has 1 unspecified atom stereocenters. The lowest BCUT2D eigenvalue weighted by atomic mass is 9.74. The molecule has 10 aromatic rings. The molecule has 2 aliphatic rings. The summed E-state index contributed by atoms with van der Waals surface area (Å²) in [6.45, 7) is 2.41. The van der Waals surface area contributed by atoms with Gasteiger partial charge in [0.1, 0.15) is 0 Å². The van der Waals surface area contributed by atoms with Crippen LogP contribution in [0.1, 0.15) is 47.6 Å². The molecule has 12 rings (SSSR count). The van der Waals surface area contributed by atoms with Crippen LogP contribution in [-0.4, -0.2) is 0 Å². The molecule has 0 fully saturated rings. The van der Waals surface area contributed by atoms with Gasteiger partial charge < -0.3 is 4.90 Å². The zero-order valence-corrected chi connectivity index (χ0v) is 36.5. The zero-order chi connectivity index (χ0) is 42.6. The summed E-state index contributed by atoms with van der Waals surface area (Å²) in [7, 11) is 0. The molecule has 0 aliphatic heterocycles. The van der Waals surface area contributed by atoms with Gasteiger partial charge in [0.25, 0.3) is 0 Å². The highest BCUT2D eigenvalue weighted by Crippen LogP contribution is 2.55. The largest absolute Gasteiger partial charge is 0.310 e. The Morgan fingerprint density at radius 2 is 0.984 bits per heavy atom. The number of anilines is 3. The molecule has 0 radical (unpaired) electrons. The summed E-state index contributed by atoms with van der Waals surface area (Å²) in [5.41, 5.74) is 19.6. The SMILES string of the molecule is CC1(c2ccccc2)c2ccccc2-c2ccc(N(c3cccc(-c4cccc5c4sc4ccccc45)c3)c3ccccc3C3=CCCC=C3c3ccccc3-c3ccccc3)cc21. The number of thiophene rings is 1. The third kappa shape index (κ3) is 6.20. The van der Waals surface area contributed by atoms with Crippen LogP contribution in [0.25, 0.3) is 64.7 Å². The molecule has 0 spiro atoms. The highest BCUT2D eigenvalue weighted by Gasteiger charge is 2.41. The molecule has 0 saturated heterocycles. The Morgan fingerprint density at radius 1 is 0.406 bits per heavy atom. The van der Waals surface area contributed by atoms with E-state index in [9.17, 15) is 0 Å². The molecule has 64 heavy (non-hydrogen) atoms. The maximum atomic E-state index is 2.52. The van der Waals surface area contributed by atoms with Crippen molar-refractivity contribution in [1.82, 2.24) is 0 Å². The van der Waals surface area contributed by atoms with Crippen LogP contribution in [0.15, 0.2) is 231 Å². The number of fused-ring (bicyclic) bond motifs is 6. The van der Waals surface area contributed by atoms with Crippen molar-refractivity contribution >= 4 is 59.7 Å². The summed E-state index contributed by atoms with van der Waals surface area (Å²) in [4.78, 5) is 2.52. The third-order valence-electron chi connectivity index (χ3n) is 13.6. The van der Waals surface area contributed by atoms with Gasteiger partial charge in [-0.05, 0) is 123 Å². The second-order valence-electron chi connectivity index (χ2n) is 17.2. The van der Waals surface area contributed by atoms with Gasteiger partial charge >= 0.3 is 0 Å². The van der Waals surface area contributed by atoms with Crippen molar-refractivity contribution in [3.63, 3.8) is 0 Å². The van der Waals surface area contributed by atoms with E-state index >= 15 is 0 Å². The molecule has 1 nitrogen and oxygen atoms in total. The van der Waals surface area contributed by atoms with Crippen molar-refractivity contribution in [1.29, 1.82) is 0 Å². The molecule has 1 aromatic heterocycles. The topological polar surface area (TPSA) is 3.24 Å². The zero-order valence-electron chi connectivity index (χ0n) is 35.7. The van der Waals surface area contributed by atoms with Crippen LogP contribution in [0, 0.1) is 0 Å². The summed E-state index contributed by atoms with van der Waals surface area (Å²) in [6, 6.07) is 80.8. The lowest BCUT2D eigenvalue weighted by molar-refractivity contribution is 0.714. The van der Waals surface area contributed by atoms with Gasteiger partial charge in [0.05, 0.1) is 5.69 Å². The molecular formula is C62H45NS. The molecule has 0 bridgehead atoms. The average molecular weight is 836 g/mol. The molecule has 2 heteroatoms. The average Bonchev–Trinajstić information content (AvgIpc) is 3.88. The predicted molar refractivity (Wildman–Crippen MR) is 274 cm³/mol. The first-order chi connectivity index (χ1) is 31.6. The number of hydrogen-bond acceptors (Lipinski definition) is 2. The Bertz CT molecular complexity index is 3460. The minimum absolute atomic E-state index is 0.337. The maximum absolute atomic E-state index is 2.52. The van der Waals surface area contributed by atoms with Gasteiger partial charge in [-0.15, -0.1) is 11.3 Å². The predicted octanol–water partition coefficient (Wildman–Crippen LogP) is 17.5. The van der Waals surface area contributed by atoms with Crippen LogP contribution in [0.3, 0.4) is 0 Å². The van der Waals surface area contributed by atoms with E-state index in [1.165, 1.54) is 92.5 Å². The number of hydrogen-bond donors (Lipinski definition) is 0. The molecule has 304 valence electrons. The second-order valence-corrected chi connectivity index (χ2v) is 18.2. The van der Waals surface area contributed by atoms with Gasteiger partial charge in [0, 0.05) is 42.5 Å². The Morgan fingerprint density at radius 3 is 1.81 bits per heavy atom. The highest BCUT2D eigenvalue weighted by atomic mass is 32.1. The maximum Gasteiger partial charge on any atom is 0.0540 e. The molecule has 0 N–H and O–H groups in total. The molecule has 0 amide bonds. The van der Waals surface area contributed by atoms with Crippen molar-refractivity contribution < 1.29 is 0 Å². The van der Waals surface area contributed by atoms with Gasteiger partial charge in [-0.2, -0.15) is 0 Å². The Balaban J connectivity index is 1.07. The van der Waals surface area contributed by atoms with Gasteiger partial charge in [-0.25, -0.2) is 0 Å². The van der Waals surface area contributed by atoms with E-state index in [1.807, 2.05) is 11.3 Å². The Labute approximate surface area is 379 Å². The van der Waals surface area contributed by atoms with Crippen molar-refractivity contribution in [3.8, 4) is 33.4 Å². The van der Waals surface area contributed by atoms with Crippen LogP contribution >= 0.6 is 11.3 Å². The lowest BCUT2D eigenvalue weighted by Gasteiger charge is -2.32. The lowest BCUT2D eigenvalue weighted by Crippen LogP contribution is -2.23. The van der Waals surface area contributed by atoms with Crippen LogP contribution in [0.4, 0.5) is 17.1 Å². The van der Waals surface area contributed by atoms with E-state index < -0.39 is 0 Å². The van der Waals surface area contributed by atoms with E-state index in [4.69, 9.17) is 0 Å². The number of nitrogens with zero attached hydrogens (tertiary/aromatic N) is 1. The fourth-order valence-electron chi connectivity index (χ4n) is 10.6. The number of benzene rings is 9. The molecule has 2 aliphatic carbocycles. The summed E-state index contributed by atoms with van der Waals surface area (Å²) in [6.07, 6.45) is 6.92. The van der Waals surface area contributed by atoms with Crippen molar-refractivity contribution in [2.75, 3.05) is 4.90 Å². The molecule has 1 heterocycles. The van der Waals surface area contributed by atoms with Gasteiger partial charge in [-0.3, -0.25) is 0 Å². The fourth-order valence-corrected chi connectivity index (χ4v) is 11.8. The third-order valence-corrected chi connectivity index (χ3v) is 14.8. The first kappa shape index (κ1) is 38.2. The molecule has 9 aromatic carbocycles. The number of allylic oxidation sites excluding steroid dienone is 4. The second kappa shape index (κ2) is 15.7. The van der Waals surface area contributed by atoms with Gasteiger partial charge in [-0.1, -0.05) is 194 Å². The first-order valence-corrected chi connectivity index (χ1v) is 23.2. The highest BCUT2D eigenvalue weighted by molar-refractivity contribution is 7.26. The molecule has 0 saturated carbocycles. The monoisotopic (exact) mass is 835 g/mol. The standard InChI is InChI=1S/C62H45NS/c1-62(44-23-6-3-7-24-44)57-35-15-12-30-52(57)53-39-38-46(41-58(53)62)63(45-25-18-22-43(40-45)48-33-19-34-56-55-32-14-17-37-60(55)64-61(48)56)59-36-16-13-31-54(59)51-29-11-10-28-50(51)49-27-9-8-26-47(49)42-20-4-2-5-21-42/h2-9,12-41H,10-11H2,1H3. The number of rotatable bonds is 8. The summed E-state index contributed by atoms with van der Waals surface area (Å²) in [5.74, 6) is 0. The molecular weight excluding hydrogens is 791 g/mol. The number of para-hydroxylation sites is 1. The Hall–Kier alpha value is -7.52. The van der Waals surface area contributed by atoms with E-state index in [0.717, 1.165) is 29.9 Å². The van der Waals surface area contributed by atoms with Crippen LogP contribution in [0.2, 0.25) is 0 Å². The quantitative estimate of drug-likeness (QED) is 0.147. The minimum atomic E-state index is -0.337. The summed E-state index contributed by atoms with van der Waals surface area (Å²) >= 11 is 1.89. The van der Waals surface area contributed by atoms with Crippen molar-refractivity contribution in [2.45, 2.75) is 25.2 Å².